The maximum Gasteiger partial charge on any atom is 0.146 e. The molecule has 1 aliphatic heterocycles. The predicted molar refractivity (Wildman–Crippen MR) is 59.3 cm³/mol. The summed E-state index contributed by atoms with van der Waals surface area (Å²) in [5.41, 5.74) is 0. The summed E-state index contributed by atoms with van der Waals surface area (Å²) in [4.78, 5) is 13.8. The van der Waals surface area contributed by atoms with Crippen molar-refractivity contribution in [1.29, 1.82) is 0 Å². The fourth-order valence-corrected chi connectivity index (χ4v) is 2.53. The van der Waals surface area contributed by atoms with E-state index in [1.807, 2.05) is 0 Å². The summed E-state index contributed by atoms with van der Waals surface area (Å²) in [6.45, 7) is 9.54. The summed E-state index contributed by atoms with van der Waals surface area (Å²) in [5.74, 6) is 1.93. The normalized spacial score (nSPS) is 29.1. The van der Waals surface area contributed by atoms with Crippen molar-refractivity contribution >= 4 is 5.78 Å². The Morgan fingerprint density at radius 2 is 1.86 bits per heavy atom. The third kappa shape index (κ3) is 3.79. The van der Waals surface area contributed by atoms with Gasteiger partial charge < -0.3 is 0 Å². The first-order chi connectivity index (χ1) is 6.61. The molecule has 0 aromatic rings. The summed E-state index contributed by atoms with van der Waals surface area (Å²) >= 11 is 0. The summed E-state index contributed by atoms with van der Waals surface area (Å²) in [6, 6.07) is 0. The molecule has 0 spiro atoms. The van der Waals surface area contributed by atoms with Crippen molar-refractivity contribution in [3.05, 3.63) is 0 Å². The molecule has 0 amide bonds. The number of hydrogen-bond acceptors (Lipinski definition) is 2. The quantitative estimate of drug-likeness (QED) is 0.689. The zero-order valence-corrected chi connectivity index (χ0v) is 9.75. The molecule has 0 saturated carbocycles. The SMILES string of the molecule is CCCC(=O)CN1CC(C)CC(C)C1. The molecule has 2 unspecified atom stereocenters. The molecule has 0 aromatic carbocycles. The number of hydrogen-bond donors (Lipinski definition) is 0. The van der Waals surface area contributed by atoms with Crippen molar-refractivity contribution in [3.8, 4) is 0 Å². The predicted octanol–water partition coefficient (Wildman–Crippen LogP) is 2.33. The average molecular weight is 197 g/mol. The van der Waals surface area contributed by atoms with Crippen molar-refractivity contribution in [2.24, 2.45) is 11.8 Å². The Morgan fingerprint density at radius 1 is 1.29 bits per heavy atom. The van der Waals surface area contributed by atoms with Crippen molar-refractivity contribution < 1.29 is 4.79 Å². The fourth-order valence-electron chi connectivity index (χ4n) is 2.53. The molecule has 0 radical (unpaired) electrons. The highest BCUT2D eigenvalue weighted by atomic mass is 16.1. The van der Waals surface area contributed by atoms with Gasteiger partial charge >= 0.3 is 0 Å². The molecular weight excluding hydrogens is 174 g/mol. The minimum Gasteiger partial charge on any atom is -0.298 e. The van der Waals surface area contributed by atoms with Gasteiger partial charge in [-0.2, -0.15) is 0 Å². The summed E-state index contributed by atoms with van der Waals surface area (Å²) < 4.78 is 0. The number of ketones is 1. The molecule has 2 atom stereocenters. The fraction of sp³-hybridized carbons (Fsp3) is 0.917. The van der Waals surface area contributed by atoms with Crippen LogP contribution in [-0.4, -0.2) is 30.3 Å². The molecule has 1 rings (SSSR count). The lowest BCUT2D eigenvalue weighted by atomic mass is 9.92. The van der Waals surface area contributed by atoms with E-state index in [0.29, 0.717) is 12.3 Å². The van der Waals surface area contributed by atoms with Crippen LogP contribution >= 0.6 is 0 Å². The van der Waals surface area contributed by atoms with Crippen LogP contribution in [0.1, 0.15) is 40.0 Å². The highest BCUT2D eigenvalue weighted by Crippen LogP contribution is 2.20. The second-order valence-corrected chi connectivity index (χ2v) is 4.93. The summed E-state index contributed by atoms with van der Waals surface area (Å²) in [6.07, 6.45) is 3.05. The number of likely N-dealkylation sites (tertiary alicyclic amines) is 1. The van der Waals surface area contributed by atoms with E-state index in [1.165, 1.54) is 6.42 Å². The van der Waals surface area contributed by atoms with E-state index >= 15 is 0 Å². The van der Waals surface area contributed by atoms with Gasteiger partial charge in [0.2, 0.25) is 0 Å². The van der Waals surface area contributed by atoms with Gasteiger partial charge in [-0.15, -0.1) is 0 Å². The number of carbonyl (C=O) groups is 1. The zero-order valence-electron chi connectivity index (χ0n) is 9.75. The minimum atomic E-state index is 0.411. The molecule has 0 bridgehead atoms. The van der Waals surface area contributed by atoms with Crippen LogP contribution < -0.4 is 0 Å². The van der Waals surface area contributed by atoms with Crippen LogP contribution in [0.4, 0.5) is 0 Å². The van der Waals surface area contributed by atoms with Gasteiger partial charge in [-0.25, -0.2) is 0 Å². The largest absolute Gasteiger partial charge is 0.298 e. The van der Waals surface area contributed by atoms with E-state index in [2.05, 4.69) is 25.7 Å². The van der Waals surface area contributed by atoms with Gasteiger partial charge in [-0.1, -0.05) is 20.8 Å². The van der Waals surface area contributed by atoms with Gasteiger partial charge in [0.15, 0.2) is 0 Å². The molecule has 1 aliphatic rings. The van der Waals surface area contributed by atoms with Crippen LogP contribution in [0.15, 0.2) is 0 Å². The Morgan fingerprint density at radius 3 is 2.36 bits per heavy atom. The standard InChI is InChI=1S/C12H23NO/c1-4-5-12(14)9-13-7-10(2)6-11(3)8-13/h10-11H,4-9H2,1-3H3. The number of Topliss-reactive ketones (excluding diaryl/α,β-unsaturated/α-hetero) is 1. The molecule has 0 aliphatic carbocycles. The molecule has 0 aromatic heterocycles. The van der Waals surface area contributed by atoms with E-state index in [1.54, 1.807) is 0 Å². The Hall–Kier alpha value is -0.370. The monoisotopic (exact) mass is 197 g/mol. The van der Waals surface area contributed by atoms with Crippen LogP contribution in [0, 0.1) is 11.8 Å². The molecular formula is C12H23NO. The first-order valence-electron chi connectivity index (χ1n) is 5.85. The van der Waals surface area contributed by atoms with Gasteiger partial charge in [-0.3, -0.25) is 9.69 Å². The molecule has 1 heterocycles. The van der Waals surface area contributed by atoms with E-state index < -0.39 is 0 Å². The third-order valence-corrected chi connectivity index (χ3v) is 2.87. The van der Waals surface area contributed by atoms with Crippen molar-refractivity contribution in [1.82, 2.24) is 4.90 Å². The Balaban J connectivity index is 2.33. The zero-order chi connectivity index (χ0) is 10.6. The van der Waals surface area contributed by atoms with Gasteiger partial charge in [0, 0.05) is 19.5 Å². The molecule has 14 heavy (non-hydrogen) atoms. The van der Waals surface area contributed by atoms with Crippen molar-refractivity contribution in [3.63, 3.8) is 0 Å². The summed E-state index contributed by atoms with van der Waals surface area (Å²) in [7, 11) is 0. The second kappa shape index (κ2) is 5.50. The third-order valence-electron chi connectivity index (χ3n) is 2.87. The molecule has 82 valence electrons. The number of piperidine rings is 1. The number of rotatable bonds is 4. The maximum atomic E-state index is 11.5. The molecule has 1 fully saturated rings. The lowest BCUT2D eigenvalue weighted by Crippen LogP contribution is -2.41. The molecule has 0 N–H and O–H groups in total. The van der Waals surface area contributed by atoms with Gasteiger partial charge in [-0.05, 0) is 24.7 Å². The highest BCUT2D eigenvalue weighted by Gasteiger charge is 2.22. The first kappa shape index (κ1) is 11.7. The highest BCUT2D eigenvalue weighted by molar-refractivity contribution is 5.80. The van der Waals surface area contributed by atoms with Crippen LogP contribution in [0.3, 0.4) is 0 Å². The van der Waals surface area contributed by atoms with E-state index in [-0.39, 0.29) is 0 Å². The topological polar surface area (TPSA) is 20.3 Å². The Labute approximate surface area is 87.7 Å². The van der Waals surface area contributed by atoms with Gasteiger partial charge in [0.25, 0.3) is 0 Å². The smallest absolute Gasteiger partial charge is 0.146 e. The minimum absolute atomic E-state index is 0.411. The van der Waals surface area contributed by atoms with Gasteiger partial charge in [0.05, 0.1) is 6.54 Å². The average Bonchev–Trinajstić information content (AvgIpc) is 2.01. The Bertz CT molecular complexity index is 181. The number of carbonyl (C=O) groups excluding carboxylic acids is 1. The second-order valence-electron chi connectivity index (χ2n) is 4.93. The van der Waals surface area contributed by atoms with Crippen LogP contribution in [-0.2, 0) is 4.79 Å². The van der Waals surface area contributed by atoms with Crippen LogP contribution in [0.5, 0.6) is 0 Å². The molecule has 1 saturated heterocycles. The van der Waals surface area contributed by atoms with E-state index in [0.717, 1.165) is 37.8 Å². The lowest BCUT2D eigenvalue weighted by molar-refractivity contribution is -0.120. The van der Waals surface area contributed by atoms with Crippen LogP contribution in [0.25, 0.3) is 0 Å². The molecule has 2 nitrogen and oxygen atoms in total. The molecule has 2 heteroatoms. The first-order valence-corrected chi connectivity index (χ1v) is 5.85. The van der Waals surface area contributed by atoms with Crippen molar-refractivity contribution in [2.45, 2.75) is 40.0 Å². The van der Waals surface area contributed by atoms with Gasteiger partial charge in [0.1, 0.15) is 5.78 Å². The van der Waals surface area contributed by atoms with Crippen LogP contribution in [0.2, 0.25) is 0 Å². The number of nitrogens with zero attached hydrogens (tertiary/aromatic N) is 1. The van der Waals surface area contributed by atoms with E-state index in [9.17, 15) is 4.79 Å². The van der Waals surface area contributed by atoms with Crippen molar-refractivity contribution in [2.75, 3.05) is 19.6 Å². The maximum absolute atomic E-state index is 11.5. The Kier molecular flexibility index (Phi) is 4.59. The lowest BCUT2D eigenvalue weighted by Gasteiger charge is -2.34. The van der Waals surface area contributed by atoms with E-state index in [4.69, 9.17) is 0 Å². The summed E-state index contributed by atoms with van der Waals surface area (Å²) in [5, 5.41) is 0.